The van der Waals surface area contributed by atoms with Gasteiger partial charge in [-0.3, -0.25) is 4.79 Å². The van der Waals surface area contributed by atoms with Crippen molar-refractivity contribution in [3.63, 3.8) is 0 Å². The molecule has 4 nitrogen and oxygen atoms in total. The highest BCUT2D eigenvalue weighted by Gasteiger charge is 2.05. The van der Waals surface area contributed by atoms with E-state index in [9.17, 15) is 4.79 Å². The van der Waals surface area contributed by atoms with Crippen molar-refractivity contribution in [2.45, 2.75) is 12.8 Å². The molecule has 0 spiro atoms. The van der Waals surface area contributed by atoms with Crippen LogP contribution in [0.2, 0.25) is 0 Å². The predicted octanol–water partition coefficient (Wildman–Crippen LogP) is 1.94. The number of carbonyl (C=O) groups excluding carboxylic acids is 1. The smallest absolute Gasteiger partial charge is 0.222 e. The third kappa shape index (κ3) is 4.34. The molecule has 0 N–H and O–H groups in total. The van der Waals surface area contributed by atoms with Crippen molar-refractivity contribution in [2.75, 3.05) is 27.8 Å². The molecule has 17 heavy (non-hydrogen) atoms. The van der Waals surface area contributed by atoms with Gasteiger partial charge in [0, 0.05) is 20.5 Å². The van der Waals surface area contributed by atoms with E-state index in [-0.39, 0.29) is 5.91 Å². The predicted molar refractivity (Wildman–Crippen MR) is 66.4 cm³/mol. The Kier molecular flexibility index (Phi) is 5.33. The number of nitrogens with zero attached hydrogens (tertiary/aromatic N) is 1. The lowest BCUT2D eigenvalue weighted by Crippen LogP contribution is -2.21. The Hall–Kier alpha value is -1.71. The molecule has 0 atom stereocenters. The van der Waals surface area contributed by atoms with Gasteiger partial charge >= 0.3 is 0 Å². The van der Waals surface area contributed by atoms with E-state index in [2.05, 4.69) is 0 Å². The highest BCUT2D eigenvalue weighted by Crippen LogP contribution is 2.25. The fraction of sp³-hybridized carbons (Fsp3) is 0.462. The van der Waals surface area contributed by atoms with Crippen molar-refractivity contribution in [1.82, 2.24) is 4.90 Å². The highest BCUT2D eigenvalue weighted by atomic mass is 16.5. The van der Waals surface area contributed by atoms with E-state index in [1.807, 2.05) is 24.3 Å². The molecular formula is C13H19NO3. The molecule has 1 amide bonds. The molecule has 0 aliphatic heterocycles. The van der Waals surface area contributed by atoms with Crippen LogP contribution in [0, 0.1) is 0 Å². The monoisotopic (exact) mass is 237 g/mol. The fourth-order valence-electron chi connectivity index (χ4n) is 1.37. The van der Waals surface area contributed by atoms with Gasteiger partial charge < -0.3 is 14.4 Å². The van der Waals surface area contributed by atoms with Crippen molar-refractivity contribution in [1.29, 1.82) is 0 Å². The summed E-state index contributed by atoms with van der Waals surface area (Å²) in [6, 6.07) is 7.48. The Labute approximate surface area is 102 Å². The number of ether oxygens (including phenoxy) is 2. The van der Waals surface area contributed by atoms with Crippen molar-refractivity contribution in [2.24, 2.45) is 0 Å². The Morgan fingerprint density at radius 2 is 1.88 bits per heavy atom. The van der Waals surface area contributed by atoms with Gasteiger partial charge in [0.15, 0.2) is 11.5 Å². The van der Waals surface area contributed by atoms with E-state index in [1.165, 1.54) is 0 Å². The first-order valence-electron chi connectivity index (χ1n) is 5.61. The van der Waals surface area contributed by atoms with Gasteiger partial charge in [-0.1, -0.05) is 12.1 Å². The maximum atomic E-state index is 11.3. The Bertz CT molecular complexity index is 363. The van der Waals surface area contributed by atoms with Gasteiger partial charge in [0.25, 0.3) is 0 Å². The molecule has 0 aromatic heterocycles. The molecule has 94 valence electrons. The fourth-order valence-corrected chi connectivity index (χ4v) is 1.37. The molecule has 1 aromatic carbocycles. The van der Waals surface area contributed by atoms with E-state index < -0.39 is 0 Å². The zero-order valence-corrected chi connectivity index (χ0v) is 10.6. The molecular weight excluding hydrogens is 218 g/mol. The summed E-state index contributed by atoms with van der Waals surface area (Å²) in [4.78, 5) is 12.9. The molecule has 1 rings (SSSR count). The van der Waals surface area contributed by atoms with Gasteiger partial charge in [0.05, 0.1) is 13.7 Å². The van der Waals surface area contributed by atoms with Crippen LogP contribution in [0.25, 0.3) is 0 Å². The van der Waals surface area contributed by atoms with Gasteiger partial charge in [-0.05, 0) is 18.6 Å². The van der Waals surface area contributed by atoms with E-state index >= 15 is 0 Å². The van der Waals surface area contributed by atoms with Gasteiger partial charge in [0.2, 0.25) is 5.91 Å². The minimum absolute atomic E-state index is 0.119. The third-order valence-corrected chi connectivity index (χ3v) is 2.36. The number of amides is 1. The second-order valence-electron chi connectivity index (χ2n) is 3.89. The summed E-state index contributed by atoms with van der Waals surface area (Å²) >= 11 is 0. The zero-order chi connectivity index (χ0) is 12.7. The maximum Gasteiger partial charge on any atom is 0.222 e. The third-order valence-electron chi connectivity index (χ3n) is 2.36. The molecule has 0 unspecified atom stereocenters. The molecule has 0 saturated carbocycles. The Balaban J connectivity index is 2.33. The van der Waals surface area contributed by atoms with Crippen LogP contribution in [-0.4, -0.2) is 38.6 Å². The van der Waals surface area contributed by atoms with Crippen molar-refractivity contribution < 1.29 is 14.3 Å². The average molecular weight is 237 g/mol. The number of hydrogen-bond donors (Lipinski definition) is 0. The van der Waals surface area contributed by atoms with Crippen LogP contribution in [0.5, 0.6) is 11.5 Å². The quantitative estimate of drug-likeness (QED) is 0.710. The lowest BCUT2D eigenvalue weighted by Gasteiger charge is -2.12. The first-order valence-corrected chi connectivity index (χ1v) is 5.61. The summed E-state index contributed by atoms with van der Waals surface area (Å²) in [6.45, 7) is 0.514. The zero-order valence-electron chi connectivity index (χ0n) is 10.6. The highest BCUT2D eigenvalue weighted by molar-refractivity contribution is 5.75. The lowest BCUT2D eigenvalue weighted by atomic mass is 10.3. The molecule has 0 aliphatic carbocycles. The molecule has 0 bridgehead atoms. The number of benzene rings is 1. The van der Waals surface area contributed by atoms with Crippen LogP contribution < -0.4 is 9.47 Å². The molecule has 4 heteroatoms. The van der Waals surface area contributed by atoms with Crippen LogP contribution in [0.4, 0.5) is 0 Å². The van der Waals surface area contributed by atoms with Gasteiger partial charge in [0.1, 0.15) is 0 Å². The first-order chi connectivity index (χ1) is 8.15. The average Bonchev–Trinajstić information content (AvgIpc) is 2.34. The minimum atomic E-state index is 0.119. The molecule has 0 aliphatic rings. The lowest BCUT2D eigenvalue weighted by molar-refractivity contribution is -0.128. The molecule has 0 radical (unpaired) electrons. The topological polar surface area (TPSA) is 38.8 Å². The first kappa shape index (κ1) is 13.4. The summed E-state index contributed by atoms with van der Waals surface area (Å²) in [5, 5.41) is 0. The van der Waals surface area contributed by atoms with E-state index in [0.717, 1.165) is 0 Å². The number of carbonyl (C=O) groups is 1. The van der Waals surface area contributed by atoms with Crippen LogP contribution in [-0.2, 0) is 4.79 Å². The number of methoxy groups -OCH3 is 1. The van der Waals surface area contributed by atoms with Crippen molar-refractivity contribution in [3.05, 3.63) is 24.3 Å². The van der Waals surface area contributed by atoms with Gasteiger partial charge in [-0.25, -0.2) is 0 Å². The van der Waals surface area contributed by atoms with E-state index in [4.69, 9.17) is 9.47 Å². The van der Waals surface area contributed by atoms with E-state index in [1.54, 1.807) is 26.1 Å². The van der Waals surface area contributed by atoms with Crippen LogP contribution in [0.1, 0.15) is 12.8 Å². The number of para-hydroxylation sites is 2. The van der Waals surface area contributed by atoms with Crippen LogP contribution >= 0.6 is 0 Å². The number of rotatable bonds is 6. The summed E-state index contributed by atoms with van der Waals surface area (Å²) < 4.78 is 10.7. The standard InChI is InChI=1S/C13H19NO3/c1-14(2)13(15)9-6-10-17-12-8-5-4-7-11(12)16-3/h4-5,7-8H,6,9-10H2,1-3H3. The van der Waals surface area contributed by atoms with E-state index in [0.29, 0.717) is 30.9 Å². The second-order valence-corrected chi connectivity index (χ2v) is 3.89. The maximum absolute atomic E-state index is 11.3. The summed E-state index contributed by atoms with van der Waals surface area (Å²) in [7, 11) is 5.12. The molecule has 1 aromatic rings. The number of hydrogen-bond acceptors (Lipinski definition) is 3. The Morgan fingerprint density at radius 3 is 2.47 bits per heavy atom. The SMILES string of the molecule is COc1ccccc1OCCCC(=O)N(C)C. The Morgan fingerprint density at radius 1 is 1.24 bits per heavy atom. The largest absolute Gasteiger partial charge is 0.493 e. The molecule has 0 saturated heterocycles. The van der Waals surface area contributed by atoms with Crippen molar-refractivity contribution in [3.8, 4) is 11.5 Å². The van der Waals surface area contributed by atoms with Crippen LogP contribution in [0.15, 0.2) is 24.3 Å². The van der Waals surface area contributed by atoms with Gasteiger partial charge in [-0.2, -0.15) is 0 Å². The normalized spacial score (nSPS) is 9.82. The minimum Gasteiger partial charge on any atom is -0.493 e. The second kappa shape index (κ2) is 6.78. The molecule has 0 heterocycles. The van der Waals surface area contributed by atoms with Crippen molar-refractivity contribution >= 4 is 5.91 Å². The van der Waals surface area contributed by atoms with Crippen LogP contribution in [0.3, 0.4) is 0 Å². The molecule has 0 fully saturated rings. The summed E-state index contributed by atoms with van der Waals surface area (Å²) in [5.74, 6) is 1.55. The summed E-state index contributed by atoms with van der Waals surface area (Å²) in [6.07, 6.45) is 1.21. The summed E-state index contributed by atoms with van der Waals surface area (Å²) in [5.41, 5.74) is 0. The van der Waals surface area contributed by atoms with Gasteiger partial charge in [-0.15, -0.1) is 0 Å².